The molecule has 1 aromatic carbocycles. The molecular weight excluding hydrogens is 336 g/mol. The van der Waals surface area contributed by atoms with Crippen molar-refractivity contribution in [1.29, 1.82) is 0 Å². The molecule has 0 radical (unpaired) electrons. The minimum absolute atomic E-state index is 0.0142. The van der Waals surface area contributed by atoms with Crippen molar-refractivity contribution in [2.45, 2.75) is 18.8 Å². The van der Waals surface area contributed by atoms with E-state index in [9.17, 15) is 13.2 Å². The van der Waals surface area contributed by atoms with Crippen LogP contribution in [0.25, 0.3) is 0 Å². The lowest BCUT2D eigenvalue weighted by Crippen LogP contribution is -2.37. The lowest BCUT2D eigenvalue weighted by molar-refractivity contribution is -0.132. The van der Waals surface area contributed by atoms with Crippen molar-refractivity contribution < 1.29 is 13.2 Å². The summed E-state index contributed by atoms with van der Waals surface area (Å²) in [5.41, 5.74) is 1.04. The fraction of sp³-hybridized carbons (Fsp3) is 0.562. The van der Waals surface area contributed by atoms with Crippen LogP contribution >= 0.6 is 11.6 Å². The number of carbonyl (C=O) groups excluding carboxylic acids is 1. The number of benzene rings is 1. The Labute approximate surface area is 142 Å². The first kappa shape index (κ1) is 16.7. The molecule has 1 amide bonds. The Morgan fingerprint density at radius 1 is 1.17 bits per heavy atom. The molecule has 0 spiro atoms. The lowest BCUT2D eigenvalue weighted by atomic mass is 10.1. The van der Waals surface area contributed by atoms with Gasteiger partial charge < -0.3 is 4.90 Å². The van der Waals surface area contributed by atoms with E-state index < -0.39 is 10.0 Å². The zero-order valence-corrected chi connectivity index (χ0v) is 14.7. The number of halogens is 1. The molecule has 2 atom stereocenters. The maximum Gasteiger partial charge on any atom is 0.226 e. The molecular formula is C16H21ClN2O3S. The van der Waals surface area contributed by atoms with Gasteiger partial charge in [-0.1, -0.05) is 29.8 Å². The van der Waals surface area contributed by atoms with Crippen LogP contribution in [-0.2, 0) is 14.8 Å². The topological polar surface area (TPSA) is 57.7 Å². The van der Waals surface area contributed by atoms with Gasteiger partial charge in [0.25, 0.3) is 0 Å². The normalized spacial score (nSPS) is 25.9. The van der Waals surface area contributed by atoms with Gasteiger partial charge in [-0.2, -0.15) is 0 Å². The molecule has 126 valence electrons. The maximum atomic E-state index is 12.7. The van der Waals surface area contributed by atoms with E-state index in [-0.39, 0.29) is 17.7 Å². The third-order valence-corrected chi connectivity index (χ3v) is 6.30. The van der Waals surface area contributed by atoms with E-state index in [1.807, 2.05) is 29.2 Å². The SMILES string of the molecule is CS(=O)(=O)N1CCCN(C(=O)C2CC2c2ccccc2Cl)CC1. The minimum Gasteiger partial charge on any atom is -0.341 e. The quantitative estimate of drug-likeness (QED) is 0.831. The summed E-state index contributed by atoms with van der Waals surface area (Å²) in [7, 11) is -3.18. The van der Waals surface area contributed by atoms with Crippen LogP contribution in [0.15, 0.2) is 24.3 Å². The summed E-state index contributed by atoms with van der Waals surface area (Å²) in [6.45, 7) is 1.96. The molecule has 1 heterocycles. The van der Waals surface area contributed by atoms with E-state index in [4.69, 9.17) is 11.6 Å². The highest BCUT2D eigenvalue weighted by atomic mass is 35.5. The summed E-state index contributed by atoms with van der Waals surface area (Å²) in [6.07, 6.45) is 2.73. The third kappa shape index (κ3) is 3.70. The summed E-state index contributed by atoms with van der Waals surface area (Å²) in [5.74, 6) is 0.315. The zero-order chi connectivity index (χ0) is 16.6. The molecule has 1 saturated heterocycles. The van der Waals surface area contributed by atoms with Crippen molar-refractivity contribution >= 4 is 27.5 Å². The largest absolute Gasteiger partial charge is 0.341 e. The molecule has 7 heteroatoms. The number of hydrogen-bond acceptors (Lipinski definition) is 3. The second kappa shape index (κ2) is 6.42. The van der Waals surface area contributed by atoms with Crippen molar-refractivity contribution in [3.05, 3.63) is 34.9 Å². The fourth-order valence-electron chi connectivity index (χ4n) is 3.27. The molecule has 2 fully saturated rings. The van der Waals surface area contributed by atoms with E-state index in [0.29, 0.717) is 37.6 Å². The average molecular weight is 357 g/mol. The standard InChI is InChI=1S/C16H21ClN2O3S/c1-23(21,22)19-8-4-7-18(9-10-19)16(20)14-11-13(14)12-5-2-3-6-15(12)17/h2-3,5-6,13-14H,4,7-11H2,1H3. The summed E-state index contributed by atoms with van der Waals surface area (Å²) < 4.78 is 24.7. The third-order valence-electron chi connectivity index (χ3n) is 4.65. The summed E-state index contributed by atoms with van der Waals surface area (Å²) in [6, 6.07) is 7.66. The van der Waals surface area contributed by atoms with E-state index in [1.54, 1.807) is 0 Å². The number of hydrogen-bond donors (Lipinski definition) is 0. The Hall–Kier alpha value is -1.11. The van der Waals surface area contributed by atoms with Crippen molar-refractivity contribution in [3.63, 3.8) is 0 Å². The molecule has 0 aromatic heterocycles. The molecule has 0 bridgehead atoms. The first-order valence-corrected chi connectivity index (χ1v) is 10.1. The smallest absolute Gasteiger partial charge is 0.226 e. The molecule has 1 saturated carbocycles. The van der Waals surface area contributed by atoms with E-state index in [0.717, 1.165) is 12.0 Å². The van der Waals surface area contributed by atoms with Gasteiger partial charge in [0.1, 0.15) is 0 Å². The molecule has 23 heavy (non-hydrogen) atoms. The van der Waals surface area contributed by atoms with Crippen LogP contribution in [0.1, 0.15) is 24.3 Å². The van der Waals surface area contributed by atoms with Crippen LogP contribution in [0.5, 0.6) is 0 Å². The zero-order valence-electron chi connectivity index (χ0n) is 13.1. The molecule has 1 aromatic rings. The van der Waals surface area contributed by atoms with E-state index in [1.165, 1.54) is 10.6 Å². The highest BCUT2D eigenvalue weighted by Gasteiger charge is 2.46. The number of nitrogens with zero attached hydrogens (tertiary/aromatic N) is 2. The predicted molar refractivity (Wildman–Crippen MR) is 89.9 cm³/mol. The molecule has 2 unspecified atom stereocenters. The van der Waals surface area contributed by atoms with Gasteiger partial charge >= 0.3 is 0 Å². The molecule has 2 aliphatic rings. The van der Waals surface area contributed by atoms with Gasteiger partial charge in [0, 0.05) is 37.1 Å². The van der Waals surface area contributed by atoms with Gasteiger partial charge in [-0.15, -0.1) is 0 Å². The first-order chi connectivity index (χ1) is 10.9. The van der Waals surface area contributed by atoms with Gasteiger partial charge in [-0.3, -0.25) is 4.79 Å². The maximum absolute atomic E-state index is 12.7. The molecule has 3 rings (SSSR count). The molecule has 5 nitrogen and oxygen atoms in total. The van der Waals surface area contributed by atoms with Crippen LogP contribution in [0.3, 0.4) is 0 Å². The Kier molecular flexibility index (Phi) is 4.67. The van der Waals surface area contributed by atoms with Crippen LogP contribution < -0.4 is 0 Å². The van der Waals surface area contributed by atoms with Gasteiger partial charge in [0.05, 0.1) is 6.26 Å². The van der Waals surface area contributed by atoms with Crippen LogP contribution in [0, 0.1) is 5.92 Å². The first-order valence-electron chi connectivity index (χ1n) is 7.86. The van der Waals surface area contributed by atoms with Crippen LogP contribution in [-0.4, -0.2) is 56.0 Å². The Balaban J connectivity index is 1.63. The monoisotopic (exact) mass is 356 g/mol. The minimum atomic E-state index is -3.18. The summed E-state index contributed by atoms with van der Waals surface area (Å²) in [4.78, 5) is 14.5. The van der Waals surface area contributed by atoms with Crippen molar-refractivity contribution in [2.24, 2.45) is 5.92 Å². The Morgan fingerprint density at radius 3 is 2.61 bits per heavy atom. The second-order valence-corrected chi connectivity index (χ2v) is 8.70. The number of amides is 1. The van der Waals surface area contributed by atoms with Crippen molar-refractivity contribution in [1.82, 2.24) is 9.21 Å². The van der Waals surface area contributed by atoms with Crippen LogP contribution in [0.4, 0.5) is 0 Å². The highest BCUT2D eigenvalue weighted by molar-refractivity contribution is 7.88. The molecule has 1 aliphatic carbocycles. The van der Waals surface area contributed by atoms with Gasteiger partial charge in [0.15, 0.2) is 0 Å². The van der Waals surface area contributed by atoms with Crippen LogP contribution in [0.2, 0.25) is 5.02 Å². The van der Waals surface area contributed by atoms with Gasteiger partial charge in [0.2, 0.25) is 15.9 Å². The Morgan fingerprint density at radius 2 is 1.91 bits per heavy atom. The molecule has 0 N–H and O–H groups in total. The average Bonchev–Trinajstić information content (AvgIpc) is 3.29. The predicted octanol–water partition coefficient (Wildman–Crippen LogP) is 1.94. The number of carbonyl (C=O) groups is 1. The van der Waals surface area contributed by atoms with E-state index in [2.05, 4.69) is 0 Å². The van der Waals surface area contributed by atoms with Gasteiger partial charge in [-0.25, -0.2) is 12.7 Å². The number of sulfonamides is 1. The van der Waals surface area contributed by atoms with E-state index >= 15 is 0 Å². The molecule has 1 aliphatic heterocycles. The van der Waals surface area contributed by atoms with Crippen molar-refractivity contribution in [2.75, 3.05) is 32.4 Å². The van der Waals surface area contributed by atoms with Gasteiger partial charge in [-0.05, 0) is 30.4 Å². The Bertz CT molecular complexity index is 707. The fourth-order valence-corrected chi connectivity index (χ4v) is 4.42. The summed E-state index contributed by atoms with van der Waals surface area (Å²) in [5, 5.41) is 0.715. The highest BCUT2D eigenvalue weighted by Crippen LogP contribution is 2.50. The second-order valence-electron chi connectivity index (χ2n) is 6.31. The summed E-state index contributed by atoms with van der Waals surface area (Å²) >= 11 is 6.21. The van der Waals surface area contributed by atoms with Crippen molar-refractivity contribution in [3.8, 4) is 0 Å². The lowest BCUT2D eigenvalue weighted by Gasteiger charge is -2.21. The number of rotatable bonds is 3.